The summed E-state index contributed by atoms with van der Waals surface area (Å²) in [4.78, 5) is 8.70. The summed E-state index contributed by atoms with van der Waals surface area (Å²) in [6.45, 7) is 0. The van der Waals surface area contributed by atoms with Gasteiger partial charge in [0.15, 0.2) is 10.3 Å². The largest absolute Gasteiger partial charge is 0.378 e. The van der Waals surface area contributed by atoms with Crippen molar-refractivity contribution in [1.82, 2.24) is 0 Å². The second-order valence-corrected chi connectivity index (χ2v) is 6.85. The molecule has 0 heterocycles. The van der Waals surface area contributed by atoms with Crippen molar-refractivity contribution in [2.45, 2.75) is 6.42 Å². The normalized spacial score (nSPS) is 12.3. The molecule has 6 heteroatoms. The molecule has 0 spiro atoms. The summed E-state index contributed by atoms with van der Waals surface area (Å²) in [5, 5.41) is 1.18. The maximum Gasteiger partial charge on any atom is 0.159 e. The highest BCUT2D eigenvalue weighted by atomic mass is 32.2. The number of hydrogen-bond acceptors (Lipinski definition) is 4. The summed E-state index contributed by atoms with van der Waals surface area (Å²) in [5.41, 5.74) is 13.6. The molecule has 0 saturated heterocycles. The lowest BCUT2D eigenvalue weighted by Crippen LogP contribution is -2.09. The van der Waals surface area contributed by atoms with Gasteiger partial charge in [0.1, 0.15) is 0 Å². The van der Waals surface area contributed by atoms with Crippen LogP contribution in [0.2, 0.25) is 0 Å². The predicted octanol–water partition coefficient (Wildman–Crippen LogP) is 4.14. The van der Waals surface area contributed by atoms with Crippen molar-refractivity contribution >= 4 is 45.2 Å². The van der Waals surface area contributed by atoms with E-state index in [-0.39, 0.29) is 0 Å². The van der Waals surface area contributed by atoms with E-state index in [1.54, 1.807) is 23.5 Å². The zero-order valence-corrected chi connectivity index (χ0v) is 14.4. The number of nitrogens with two attached hydrogens (primary N) is 2. The molecule has 0 bridgehead atoms. The first-order valence-corrected chi connectivity index (χ1v) is 9.25. The SMILES string of the molecule is NC(=Nc1ccccc1)SCCCSC(N)=Nc1ccccc1. The molecule has 0 fully saturated rings. The maximum absolute atomic E-state index is 5.91. The van der Waals surface area contributed by atoms with E-state index in [0.29, 0.717) is 10.3 Å². The van der Waals surface area contributed by atoms with Crippen LogP contribution in [0.15, 0.2) is 70.6 Å². The highest BCUT2D eigenvalue weighted by Crippen LogP contribution is 2.16. The summed E-state index contributed by atoms with van der Waals surface area (Å²) < 4.78 is 0. The molecule has 0 aromatic heterocycles. The van der Waals surface area contributed by atoms with Crippen LogP contribution in [-0.2, 0) is 0 Å². The summed E-state index contributed by atoms with van der Waals surface area (Å²) >= 11 is 3.12. The van der Waals surface area contributed by atoms with Gasteiger partial charge in [-0.15, -0.1) is 0 Å². The average molecular weight is 345 g/mol. The monoisotopic (exact) mass is 344 g/mol. The molecule has 120 valence electrons. The summed E-state index contributed by atoms with van der Waals surface area (Å²) in [5.74, 6) is 1.82. The van der Waals surface area contributed by atoms with Crippen LogP contribution in [0.25, 0.3) is 0 Å². The minimum atomic E-state index is 0.590. The number of thioether (sulfide) groups is 2. The maximum atomic E-state index is 5.91. The minimum absolute atomic E-state index is 0.590. The molecular formula is C17H20N4S2. The molecule has 0 radical (unpaired) electrons. The van der Waals surface area contributed by atoms with Gasteiger partial charge in [0, 0.05) is 11.5 Å². The van der Waals surface area contributed by atoms with E-state index in [0.717, 1.165) is 29.3 Å². The zero-order chi connectivity index (χ0) is 16.3. The number of hydrogen-bond donors (Lipinski definition) is 2. The lowest BCUT2D eigenvalue weighted by molar-refractivity contribution is 1.13. The first kappa shape index (κ1) is 17.4. The molecule has 0 aliphatic rings. The van der Waals surface area contributed by atoms with Crippen LogP contribution < -0.4 is 11.5 Å². The lowest BCUT2D eigenvalue weighted by atomic mass is 10.3. The Hall–Kier alpha value is -1.92. The first-order chi connectivity index (χ1) is 11.2. The zero-order valence-electron chi connectivity index (χ0n) is 12.8. The fourth-order valence-electron chi connectivity index (χ4n) is 1.74. The van der Waals surface area contributed by atoms with Crippen LogP contribution in [0.1, 0.15) is 6.42 Å². The van der Waals surface area contributed by atoms with Gasteiger partial charge in [-0.2, -0.15) is 0 Å². The van der Waals surface area contributed by atoms with E-state index < -0.39 is 0 Å². The van der Waals surface area contributed by atoms with Crippen molar-refractivity contribution < 1.29 is 0 Å². The van der Waals surface area contributed by atoms with Gasteiger partial charge in [-0.05, 0) is 30.7 Å². The third kappa shape index (κ3) is 7.25. The smallest absolute Gasteiger partial charge is 0.159 e. The topological polar surface area (TPSA) is 76.8 Å². The molecule has 2 aromatic carbocycles. The number of rotatable bonds is 6. The van der Waals surface area contributed by atoms with E-state index in [9.17, 15) is 0 Å². The number of nitrogens with zero attached hydrogens (tertiary/aromatic N) is 2. The van der Waals surface area contributed by atoms with Crippen molar-refractivity contribution in [1.29, 1.82) is 0 Å². The Morgan fingerprint density at radius 2 is 1.09 bits per heavy atom. The van der Waals surface area contributed by atoms with Crippen molar-refractivity contribution in [3.63, 3.8) is 0 Å². The number of aliphatic imine (C=N–C) groups is 2. The molecule has 0 atom stereocenters. The molecule has 2 aromatic rings. The second-order valence-electron chi connectivity index (χ2n) is 4.62. The van der Waals surface area contributed by atoms with E-state index in [1.807, 2.05) is 60.7 Å². The molecule has 0 aliphatic heterocycles. The van der Waals surface area contributed by atoms with Crippen LogP contribution in [0, 0.1) is 0 Å². The summed E-state index contributed by atoms with van der Waals surface area (Å²) in [7, 11) is 0. The fourth-order valence-corrected chi connectivity index (χ4v) is 3.25. The van der Waals surface area contributed by atoms with Crippen LogP contribution >= 0.6 is 23.5 Å². The minimum Gasteiger partial charge on any atom is -0.378 e. The summed E-state index contributed by atoms with van der Waals surface area (Å²) in [6, 6.07) is 19.4. The van der Waals surface area contributed by atoms with Gasteiger partial charge in [0.25, 0.3) is 0 Å². The van der Waals surface area contributed by atoms with Crippen LogP contribution in [-0.4, -0.2) is 21.8 Å². The van der Waals surface area contributed by atoms with E-state index >= 15 is 0 Å². The van der Waals surface area contributed by atoms with Crippen molar-refractivity contribution in [3.8, 4) is 0 Å². The van der Waals surface area contributed by atoms with Crippen LogP contribution in [0.3, 0.4) is 0 Å². The predicted molar refractivity (Wildman–Crippen MR) is 105 cm³/mol. The second kappa shape index (κ2) is 9.97. The summed E-state index contributed by atoms with van der Waals surface area (Å²) in [6.07, 6.45) is 0.991. The van der Waals surface area contributed by atoms with Crippen LogP contribution in [0.5, 0.6) is 0 Å². The molecule has 2 rings (SSSR count). The van der Waals surface area contributed by atoms with Crippen molar-refractivity contribution in [2.75, 3.05) is 11.5 Å². The van der Waals surface area contributed by atoms with Crippen molar-refractivity contribution in [3.05, 3.63) is 60.7 Å². The number of benzene rings is 2. The fraction of sp³-hybridized carbons (Fsp3) is 0.176. The Morgan fingerprint density at radius 3 is 1.48 bits per heavy atom. The number of para-hydroxylation sites is 2. The Morgan fingerprint density at radius 1 is 0.696 bits per heavy atom. The lowest BCUT2D eigenvalue weighted by Gasteiger charge is -2.02. The van der Waals surface area contributed by atoms with Gasteiger partial charge in [-0.25, -0.2) is 9.98 Å². The Kier molecular flexibility index (Phi) is 7.56. The Bertz CT molecular complexity index is 585. The van der Waals surface area contributed by atoms with Gasteiger partial charge < -0.3 is 11.5 Å². The molecule has 4 nitrogen and oxygen atoms in total. The van der Waals surface area contributed by atoms with Gasteiger partial charge >= 0.3 is 0 Å². The van der Waals surface area contributed by atoms with E-state index in [2.05, 4.69) is 9.98 Å². The Labute approximate surface area is 145 Å². The molecule has 23 heavy (non-hydrogen) atoms. The van der Waals surface area contributed by atoms with Crippen LogP contribution in [0.4, 0.5) is 11.4 Å². The van der Waals surface area contributed by atoms with Gasteiger partial charge in [-0.1, -0.05) is 59.9 Å². The third-order valence-electron chi connectivity index (χ3n) is 2.78. The van der Waals surface area contributed by atoms with E-state index in [4.69, 9.17) is 11.5 Å². The molecule has 4 N–H and O–H groups in total. The molecule has 0 aliphatic carbocycles. The Balaban J connectivity index is 1.66. The average Bonchev–Trinajstić information content (AvgIpc) is 2.56. The highest BCUT2D eigenvalue weighted by Gasteiger charge is 1.98. The molecule has 0 unspecified atom stereocenters. The van der Waals surface area contributed by atoms with E-state index in [1.165, 1.54) is 0 Å². The number of amidine groups is 2. The van der Waals surface area contributed by atoms with Gasteiger partial charge in [-0.3, -0.25) is 0 Å². The van der Waals surface area contributed by atoms with Gasteiger partial charge in [0.05, 0.1) is 11.4 Å². The molecule has 0 amide bonds. The standard InChI is InChI=1S/C17H20N4S2/c18-16(20-14-8-3-1-4-9-14)22-12-7-13-23-17(19)21-15-10-5-2-6-11-15/h1-6,8-11H,7,12-13H2,(H2,18,20)(H2,19,21). The first-order valence-electron chi connectivity index (χ1n) is 7.28. The molecule has 0 saturated carbocycles. The quantitative estimate of drug-likeness (QED) is 0.469. The van der Waals surface area contributed by atoms with Gasteiger partial charge in [0.2, 0.25) is 0 Å². The molecular weight excluding hydrogens is 324 g/mol. The van der Waals surface area contributed by atoms with Crippen molar-refractivity contribution in [2.24, 2.45) is 21.5 Å². The third-order valence-corrected chi connectivity index (χ3v) is 4.54. The highest BCUT2D eigenvalue weighted by molar-refractivity contribution is 8.14.